The normalized spacial score (nSPS) is 12.5. The van der Waals surface area contributed by atoms with Gasteiger partial charge in [0.15, 0.2) is 5.82 Å². The van der Waals surface area contributed by atoms with Crippen molar-refractivity contribution in [3.8, 4) is 5.75 Å². The van der Waals surface area contributed by atoms with Crippen LogP contribution in [0.15, 0.2) is 79.0 Å². The molecule has 3 N–H and O–H groups in total. The Labute approximate surface area is 306 Å². The first-order chi connectivity index (χ1) is 25.0. The van der Waals surface area contributed by atoms with Crippen molar-refractivity contribution in [1.29, 1.82) is 0 Å². The predicted molar refractivity (Wildman–Crippen MR) is 207 cm³/mol. The summed E-state index contributed by atoms with van der Waals surface area (Å²) in [5.74, 6) is 0.627. The number of benzene rings is 3. The zero-order chi connectivity index (χ0) is 37.3. The van der Waals surface area contributed by atoms with Crippen LogP contribution in [-0.4, -0.2) is 68.1 Å². The molecule has 0 aliphatic rings. The second-order valence-electron chi connectivity index (χ2n) is 13.8. The van der Waals surface area contributed by atoms with Gasteiger partial charge in [0.1, 0.15) is 22.6 Å². The summed E-state index contributed by atoms with van der Waals surface area (Å²) in [7, 11) is 1.83. The van der Waals surface area contributed by atoms with Crippen molar-refractivity contribution in [2.24, 2.45) is 0 Å². The number of anilines is 2. The van der Waals surface area contributed by atoms with Crippen LogP contribution in [0, 0.1) is 5.82 Å². The van der Waals surface area contributed by atoms with Crippen LogP contribution in [0.2, 0.25) is 5.04 Å². The van der Waals surface area contributed by atoms with Crippen molar-refractivity contribution in [3.63, 3.8) is 0 Å². The Hall–Kier alpha value is -4.85. The average molecular weight is 728 g/mol. The molecule has 2 aromatic heterocycles. The van der Waals surface area contributed by atoms with Gasteiger partial charge in [-0.05, 0) is 41.4 Å². The summed E-state index contributed by atoms with van der Waals surface area (Å²) < 4.78 is 34.2. The number of aromatic nitrogens is 4. The van der Waals surface area contributed by atoms with E-state index in [1.807, 2.05) is 12.1 Å². The lowest BCUT2D eigenvalue weighted by Gasteiger charge is -2.43. The van der Waals surface area contributed by atoms with Crippen molar-refractivity contribution < 1.29 is 23.1 Å². The van der Waals surface area contributed by atoms with E-state index in [9.17, 15) is 9.18 Å². The molecule has 1 atom stereocenters. The fourth-order valence-electron chi connectivity index (χ4n) is 6.82. The Kier molecular flexibility index (Phi) is 12.6. The molecule has 52 heavy (non-hydrogen) atoms. The number of amides is 1. The van der Waals surface area contributed by atoms with E-state index in [-0.39, 0.29) is 29.4 Å². The van der Waals surface area contributed by atoms with Gasteiger partial charge in [-0.15, -0.1) is 0 Å². The highest BCUT2D eigenvalue weighted by Crippen LogP contribution is 2.37. The quantitative estimate of drug-likeness (QED) is 0.0982. The first-order valence-corrected chi connectivity index (χ1v) is 19.5. The Balaban J connectivity index is 1.50. The molecule has 5 aromatic rings. The molecule has 5 rings (SSSR count). The van der Waals surface area contributed by atoms with Crippen LogP contribution < -0.4 is 31.1 Å². The van der Waals surface area contributed by atoms with E-state index in [2.05, 4.69) is 102 Å². The molecule has 2 heterocycles. The number of nitrogens with zero attached hydrogens (tertiary/aromatic N) is 4. The third kappa shape index (κ3) is 8.43. The zero-order valence-corrected chi connectivity index (χ0v) is 32.1. The number of carbonyl (C=O) groups is 1. The maximum absolute atomic E-state index is 14.8. The number of carbonyl (C=O) groups excluding carboxylic acids is 1. The van der Waals surface area contributed by atoms with Gasteiger partial charge in [0, 0.05) is 36.4 Å². The van der Waals surface area contributed by atoms with Gasteiger partial charge in [-0.3, -0.25) is 10.00 Å². The molecule has 0 saturated carbocycles. The van der Waals surface area contributed by atoms with Crippen molar-refractivity contribution in [1.82, 2.24) is 25.1 Å². The highest BCUT2D eigenvalue weighted by molar-refractivity contribution is 6.99. The molecule has 0 saturated heterocycles. The summed E-state index contributed by atoms with van der Waals surface area (Å²) in [6.45, 7) is 10.1. The number of methoxy groups -OCH3 is 2. The standard InChI is InChI=1S/C39H50FN7O4Si/c1-8-15-29(20-21-51-52(39(2,3)4,30-16-11-9-12-17-30)31-18-13-10-14-19-31)43-36-35-33(44-37(45-36)46-38(48)50-7)25-42-47(35)26-28-22-27(24-41-5)32(40)23-34(28)49-6/h9-14,16-19,22-23,25,29,41H,8,15,20-21,24,26H2,1-7H3,(H2,43,44,45,46,48)/t29-/m0/s1. The monoisotopic (exact) mass is 727 g/mol. The van der Waals surface area contributed by atoms with E-state index in [1.165, 1.54) is 30.7 Å². The lowest BCUT2D eigenvalue weighted by molar-refractivity contribution is 0.186. The number of ether oxygens (including phenoxy) is 2. The van der Waals surface area contributed by atoms with E-state index < -0.39 is 14.4 Å². The number of hydrogen-bond donors (Lipinski definition) is 3. The molecular formula is C39H50FN7O4Si. The molecule has 0 fully saturated rings. The summed E-state index contributed by atoms with van der Waals surface area (Å²) in [6, 6.07) is 24.3. The van der Waals surface area contributed by atoms with Gasteiger partial charge in [-0.2, -0.15) is 10.1 Å². The number of halogens is 1. The molecule has 0 spiro atoms. The van der Waals surface area contributed by atoms with Crippen molar-refractivity contribution in [2.45, 2.75) is 71.1 Å². The topological polar surface area (TPSA) is 124 Å². The SMILES string of the molecule is CCC[C@@H](CCO[Si](c1ccccc1)(c1ccccc1)C(C)(C)C)Nc1nc(NC(=O)OC)nc2cnn(Cc3cc(CNC)c(F)cc3OC)c12. The van der Waals surface area contributed by atoms with Crippen molar-refractivity contribution >= 4 is 47.6 Å². The molecule has 1 amide bonds. The fourth-order valence-corrected chi connectivity index (χ4v) is 11.4. The van der Waals surface area contributed by atoms with Gasteiger partial charge < -0.3 is 24.5 Å². The minimum atomic E-state index is -2.74. The van der Waals surface area contributed by atoms with Crippen molar-refractivity contribution in [3.05, 3.63) is 95.9 Å². The Morgan fingerprint density at radius 1 is 0.962 bits per heavy atom. The number of rotatable bonds is 16. The predicted octanol–water partition coefficient (Wildman–Crippen LogP) is 6.47. The Bertz CT molecular complexity index is 1900. The van der Waals surface area contributed by atoms with Crippen LogP contribution in [0.3, 0.4) is 0 Å². The van der Waals surface area contributed by atoms with E-state index in [4.69, 9.17) is 18.9 Å². The van der Waals surface area contributed by atoms with Gasteiger partial charge in [0.05, 0.1) is 27.0 Å². The van der Waals surface area contributed by atoms with Crippen LogP contribution in [0.25, 0.3) is 11.0 Å². The molecule has 0 aliphatic heterocycles. The summed E-state index contributed by atoms with van der Waals surface area (Å²) in [5, 5.41) is 16.2. The molecule has 276 valence electrons. The molecular weight excluding hydrogens is 678 g/mol. The van der Waals surface area contributed by atoms with Gasteiger partial charge in [0.2, 0.25) is 5.95 Å². The molecule has 0 radical (unpaired) electrons. The van der Waals surface area contributed by atoms with Gasteiger partial charge in [-0.1, -0.05) is 94.8 Å². The summed E-state index contributed by atoms with van der Waals surface area (Å²) >= 11 is 0. The maximum atomic E-state index is 14.8. The highest BCUT2D eigenvalue weighted by Gasteiger charge is 2.50. The summed E-state index contributed by atoms with van der Waals surface area (Å²) in [4.78, 5) is 21.5. The summed E-state index contributed by atoms with van der Waals surface area (Å²) in [5.41, 5.74) is 2.40. The molecule has 0 unspecified atom stereocenters. The second-order valence-corrected chi connectivity index (χ2v) is 18.1. The lowest BCUT2D eigenvalue weighted by Crippen LogP contribution is -2.66. The van der Waals surface area contributed by atoms with Gasteiger partial charge in [-0.25, -0.2) is 14.2 Å². The largest absolute Gasteiger partial charge is 0.496 e. The van der Waals surface area contributed by atoms with Gasteiger partial charge >= 0.3 is 6.09 Å². The van der Waals surface area contributed by atoms with E-state index in [0.717, 1.165) is 18.4 Å². The number of fused-ring (bicyclic) bond motifs is 1. The van der Waals surface area contributed by atoms with Gasteiger partial charge in [0.25, 0.3) is 8.32 Å². The minimum absolute atomic E-state index is 0.0433. The smallest absolute Gasteiger partial charge is 0.413 e. The first-order valence-electron chi connectivity index (χ1n) is 17.6. The molecule has 11 nitrogen and oxygen atoms in total. The van der Waals surface area contributed by atoms with Crippen LogP contribution in [0.5, 0.6) is 5.75 Å². The van der Waals surface area contributed by atoms with E-state index in [0.29, 0.717) is 47.7 Å². The van der Waals surface area contributed by atoms with E-state index in [1.54, 1.807) is 24.0 Å². The molecule has 3 aromatic carbocycles. The fraction of sp³-hybridized carbons (Fsp3) is 0.385. The number of hydrogen-bond acceptors (Lipinski definition) is 9. The number of nitrogens with one attached hydrogen (secondary N) is 3. The highest BCUT2D eigenvalue weighted by atomic mass is 28.4. The average Bonchev–Trinajstić information content (AvgIpc) is 3.54. The van der Waals surface area contributed by atoms with Crippen LogP contribution in [0.1, 0.15) is 58.1 Å². The third-order valence-corrected chi connectivity index (χ3v) is 14.2. The zero-order valence-electron chi connectivity index (χ0n) is 31.1. The molecule has 13 heteroatoms. The minimum Gasteiger partial charge on any atom is -0.496 e. The second kappa shape index (κ2) is 17.1. The van der Waals surface area contributed by atoms with E-state index >= 15 is 0 Å². The lowest BCUT2D eigenvalue weighted by atomic mass is 10.1. The van der Waals surface area contributed by atoms with Crippen LogP contribution in [0.4, 0.5) is 21.0 Å². The van der Waals surface area contributed by atoms with Crippen LogP contribution in [-0.2, 0) is 22.3 Å². The maximum Gasteiger partial charge on any atom is 0.413 e. The Morgan fingerprint density at radius 3 is 2.21 bits per heavy atom. The van der Waals surface area contributed by atoms with Crippen LogP contribution >= 0.6 is 0 Å². The summed E-state index contributed by atoms with van der Waals surface area (Å²) in [6.07, 6.45) is 3.38. The molecule has 0 bridgehead atoms. The van der Waals surface area contributed by atoms with Crippen molar-refractivity contribution in [2.75, 3.05) is 38.5 Å². The first kappa shape index (κ1) is 38.4. The third-order valence-electron chi connectivity index (χ3n) is 9.20. The Morgan fingerprint density at radius 2 is 1.63 bits per heavy atom. The molecule has 0 aliphatic carbocycles.